The molecule has 0 bridgehead atoms. The zero-order valence-corrected chi connectivity index (χ0v) is 13.8. The highest BCUT2D eigenvalue weighted by molar-refractivity contribution is 7.16. The summed E-state index contributed by atoms with van der Waals surface area (Å²) in [6.07, 6.45) is 1.40. The maximum Gasteiger partial charge on any atom is 0.311 e. The van der Waals surface area contributed by atoms with E-state index in [1.807, 2.05) is 18.2 Å². The van der Waals surface area contributed by atoms with Gasteiger partial charge in [-0.05, 0) is 18.2 Å². The first-order valence-electron chi connectivity index (χ1n) is 7.23. The summed E-state index contributed by atoms with van der Waals surface area (Å²) in [6, 6.07) is 8.70. The highest BCUT2D eigenvalue weighted by atomic mass is 32.1. The monoisotopic (exact) mass is 353 g/mol. The van der Waals surface area contributed by atoms with Crippen molar-refractivity contribution in [3.63, 3.8) is 0 Å². The van der Waals surface area contributed by atoms with Crippen molar-refractivity contribution in [3.8, 4) is 5.75 Å². The molecule has 0 aliphatic rings. The fourth-order valence-electron chi connectivity index (χ4n) is 2.55. The Morgan fingerprint density at radius 2 is 2.04 bits per heavy atom. The molecule has 0 aliphatic carbocycles. The van der Waals surface area contributed by atoms with Gasteiger partial charge >= 0.3 is 5.69 Å². The molecular weight excluding hydrogens is 342 g/mol. The smallest absolute Gasteiger partial charge is 0.311 e. The number of hydrogen-bond acceptors (Lipinski definition) is 8. The summed E-state index contributed by atoms with van der Waals surface area (Å²) in [4.78, 5) is 23.4. The van der Waals surface area contributed by atoms with E-state index in [1.165, 1.54) is 36.9 Å². The highest BCUT2D eigenvalue weighted by Gasteiger charge is 2.18. The van der Waals surface area contributed by atoms with E-state index in [0.717, 1.165) is 15.9 Å². The van der Waals surface area contributed by atoms with E-state index >= 15 is 0 Å². The Hall–Kier alpha value is -3.33. The second kappa shape index (κ2) is 5.95. The van der Waals surface area contributed by atoms with Gasteiger partial charge in [-0.25, -0.2) is 15.0 Å². The van der Waals surface area contributed by atoms with Crippen LogP contribution in [-0.4, -0.2) is 27.0 Å². The predicted octanol–water partition coefficient (Wildman–Crippen LogP) is 3.90. The molecule has 9 heteroatoms. The lowest BCUT2D eigenvalue weighted by atomic mass is 10.2. The standard InChI is InChI=1S/C16H11N5O3S/c1-24-14-6-12-10(5-13(14)21(22)23)16(18-7-17-12)20-9-2-3-11-15(4-9)25-8-19-11/h2-8H,1H3,(H,17,18,20). The first-order valence-corrected chi connectivity index (χ1v) is 8.11. The van der Waals surface area contributed by atoms with Gasteiger partial charge in [0.25, 0.3) is 0 Å². The van der Waals surface area contributed by atoms with Gasteiger partial charge in [-0.2, -0.15) is 0 Å². The molecule has 124 valence electrons. The summed E-state index contributed by atoms with van der Waals surface area (Å²) in [5, 5.41) is 15.0. The molecule has 4 aromatic rings. The summed E-state index contributed by atoms with van der Waals surface area (Å²) in [6.45, 7) is 0. The zero-order valence-electron chi connectivity index (χ0n) is 13.0. The molecule has 0 saturated carbocycles. The fraction of sp³-hybridized carbons (Fsp3) is 0.0625. The number of anilines is 2. The topological polar surface area (TPSA) is 103 Å². The van der Waals surface area contributed by atoms with Crippen LogP contribution in [0.2, 0.25) is 0 Å². The number of nitro benzene ring substituents is 1. The summed E-state index contributed by atoms with van der Waals surface area (Å²) in [5.41, 5.74) is 3.94. The van der Waals surface area contributed by atoms with E-state index in [-0.39, 0.29) is 11.4 Å². The molecule has 4 rings (SSSR count). The van der Waals surface area contributed by atoms with Crippen molar-refractivity contribution in [2.45, 2.75) is 0 Å². The minimum atomic E-state index is -0.488. The predicted molar refractivity (Wildman–Crippen MR) is 95.6 cm³/mol. The number of methoxy groups -OCH3 is 1. The number of nitro groups is 1. The van der Waals surface area contributed by atoms with Gasteiger partial charge in [-0.3, -0.25) is 10.1 Å². The maximum absolute atomic E-state index is 11.3. The number of nitrogens with one attached hydrogen (secondary N) is 1. The van der Waals surface area contributed by atoms with Gasteiger partial charge < -0.3 is 10.1 Å². The van der Waals surface area contributed by atoms with E-state index in [9.17, 15) is 10.1 Å². The minimum Gasteiger partial charge on any atom is -0.490 e. The van der Waals surface area contributed by atoms with E-state index in [1.54, 1.807) is 5.51 Å². The first kappa shape index (κ1) is 15.2. The third-order valence-corrected chi connectivity index (χ3v) is 4.52. The van der Waals surface area contributed by atoms with Crippen LogP contribution in [0.4, 0.5) is 17.2 Å². The Morgan fingerprint density at radius 3 is 2.84 bits per heavy atom. The SMILES string of the molecule is COc1cc2ncnc(Nc3ccc4ncsc4c3)c2cc1[N+](=O)[O-]. The van der Waals surface area contributed by atoms with E-state index < -0.39 is 4.92 Å². The fourth-order valence-corrected chi connectivity index (χ4v) is 3.26. The molecule has 2 heterocycles. The Kier molecular flexibility index (Phi) is 3.62. The van der Waals surface area contributed by atoms with Crippen molar-refractivity contribution in [1.29, 1.82) is 0 Å². The van der Waals surface area contributed by atoms with Gasteiger partial charge in [-0.1, -0.05) is 0 Å². The number of rotatable bonds is 4. The van der Waals surface area contributed by atoms with Crippen molar-refractivity contribution in [3.05, 3.63) is 52.3 Å². The van der Waals surface area contributed by atoms with E-state index in [2.05, 4.69) is 20.3 Å². The normalized spacial score (nSPS) is 10.9. The molecule has 0 radical (unpaired) electrons. The molecule has 0 unspecified atom stereocenters. The van der Waals surface area contributed by atoms with Gasteiger partial charge in [0.15, 0.2) is 5.75 Å². The largest absolute Gasteiger partial charge is 0.490 e. The molecule has 1 N–H and O–H groups in total. The van der Waals surface area contributed by atoms with Gasteiger partial charge in [0.2, 0.25) is 0 Å². The maximum atomic E-state index is 11.3. The van der Waals surface area contributed by atoms with Crippen LogP contribution < -0.4 is 10.1 Å². The van der Waals surface area contributed by atoms with Gasteiger partial charge in [0, 0.05) is 17.8 Å². The van der Waals surface area contributed by atoms with Crippen molar-refractivity contribution in [2.75, 3.05) is 12.4 Å². The Bertz CT molecular complexity index is 1110. The Morgan fingerprint density at radius 1 is 1.16 bits per heavy atom. The van der Waals surface area contributed by atoms with Crippen molar-refractivity contribution in [2.24, 2.45) is 0 Å². The average molecular weight is 353 g/mol. The minimum absolute atomic E-state index is 0.134. The molecule has 0 amide bonds. The van der Waals surface area contributed by atoms with Crippen molar-refractivity contribution < 1.29 is 9.66 Å². The van der Waals surface area contributed by atoms with Crippen molar-refractivity contribution >= 4 is 49.6 Å². The first-order chi connectivity index (χ1) is 12.2. The number of benzene rings is 2. The van der Waals surface area contributed by atoms with E-state index in [4.69, 9.17) is 4.74 Å². The lowest BCUT2D eigenvalue weighted by Crippen LogP contribution is -1.99. The van der Waals surface area contributed by atoms with E-state index in [0.29, 0.717) is 16.7 Å². The summed E-state index contributed by atoms with van der Waals surface area (Å²) >= 11 is 1.54. The highest BCUT2D eigenvalue weighted by Crippen LogP contribution is 2.34. The molecule has 0 saturated heterocycles. The van der Waals surface area contributed by atoms with Crippen LogP contribution in [-0.2, 0) is 0 Å². The van der Waals surface area contributed by atoms with Crippen LogP contribution in [0.1, 0.15) is 0 Å². The molecule has 2 aromatic carbocycles. The van der Waals surface area contributed by atoms with Crippen LogP contribution in [0, 0.1) is 10.1 Å². The molecule has 0 aliphatic heterocycles. The second-order valence-electron chi connectivity index (χ2n) is 5.18. The third kappa shape index (κ3) is 2.70. The molecule has 25 heavy (non-hydrogen) atoms. The molecule has 8 nitrogen and oxygen atoms in total. The molecule has 2 aromatic heterocycles. The van der Waals surface area contributed by atoms with Crippen LogP contribution in [0.15, 0.2) is 42.2 Å². The lowest BCUT2D eigenvalue weighted by molar-refractivity contribution is -0.385. The number of ether oxygens (including phenoxy) is 1. The zero-order chi connectivity index (χ0) is 17.4. The van der Waals surface area contributed by atoms with Gasteiger partial charge in [0.1, 0.15) is 12.1 Å². The molecular formula is C16H11N5O3S. The molecule has 0 atom stereocenters. The Labute approximate surface area is 145 Å². The summed E-state index contributed by atoms with van der Waals surface area (Å²) in [7, 11) is 1.39. The number of aromatic nitrogens is 3. The summed E-state index contributed by atoms with van der Waals surface area (Å²) < 4.78 is 6.12. The quantitative estimate of drug-likeness (QED) is 0.438. The van der Waals surface area contributed by atoms with Gasteiger partial charge in [-0.15, -0.1) is 11.3 Å². The molecule has 0 fully saturated rings. The third-order valence-electron chi connectivity index (χ3n) is 3.73. The average Bonchev–Trinajstić information content (AvgIpc) is 3.08. The number of nitrogens with zero attached hydrogens (tertiary/aromatic N) is 4. The summed E-state index contributed by atoms with van der Waals surface area (Å²) in [5.74, 6) is 0.646. The van der Waals surface area contributed by atoms with Crippen LogP contribution in [0.5, 0.6) is 5.75 Å². The second-order valence-corrected chi connectivity index (χ2v) is 6.07. The lowest BCUT2D eigenvalue weighted by Gasteiger charge is -2.09. The van der Waals surface area contributed by atoms with Gasteiger partial charge in [0.05, 0.1) is 38.7 Å². The number of thiazole rings is 1. The number of hydrogen-bond donors (Lipinski definition) is 1. The molecule has 0 spiro atoms. The van der Waals surface area contributed by atoms with Crippen LogP contribution in [0.25, 0.3) is 21.1 Å². The van der Waals surface area contributed by atoms with Crippen molar-refractivity contribution in [1.82, 2.24) is 15.0 Å². The van der Waals surface area contributed by atoms with Crippen LogP contribution >= 0.6 is 11.3 Å². The Balaban J connectivity index is 1.83. The van der Waals surface area contributed by atoms with Crippen LogP contribution in [0.3, 0.4) is 0 Å². The number of fused-ring (bicyclic) bond motifs is 2.